The van der Waals surface area contributed by atoms with Gasteiger partial charge in [-0.2, -0.15) is 0 Å². The molecule has 4 heteroatoms. The molecule has 0 spiro atoms. The summed E-state index contributed by atoms with van der Waals surface area (Å²) >= 11 is 5.30. The lowest BCUT2D eigenvalue weighted by molar-refractivity contribution is 1.25. The van der Waals surface area contributed by atoms with Crippen LogP contribution >= 0.6 is 27.7 Å². The standard InChI is InChI=1S/C12H11BrN2S/c13-10-3-1-2-4-11(10)16-8-9-5-6-12(14)15-7-9/h1-7H,8H2,(H2,14,15). The molecule has 0 atom stereocenters. The predicted octanol–water partition coefficient (Wildman–Crippen LogP) is 3.72. The molecule has 1 aromatic heterocycles. The minimum Gasteiger partial charge on any atom is -0.384 e. The monoisotopic (exact) mass is 294 g/mol. The number of rotatable bonds is 3. The molecule has 0 saturated heterocycles. The topological polar surface area (TPSA) is 38.9 Å². The van der Waals surface area contributed by atoms with Crippen LogP contribution in [-0.2, 0) is 5.75 Å². The summed E-state index contributed by atoms with van der Waals surface area (Å²) in [4.78, 5) is 5.30. The van der Waals surface area contributed by atoms with Gasteiger partial charge in [-0.25, -0.2) is 4.98 Å². The van der Waals surface area contributed by atoms with Crippen molar-refractivity contribution in [2.45, 2.75) is 10.6 Å². The minimum absolute atomic E-state index is 0.564. The fraction of sp³-hybridized carbons (Fsp3) is 0.0833. The molecule has 0 aliphatic heterocycles. The Hall–Kier alpha value is -1.00. The van der Waals surface area contributed by atoms with E-state index in [2.05, 4.69) is 27.0 Å². The zero-order chi connectivity index (χ0) is 11.4. The summed E-state index contributed by atoms with van der Waals surface area (Å²) in [7, 11) is 0. The predicted molar refractivity (Wildman–Crippen MR) is 72.4 cm³/mol. The highest BCUT2D eigenvalue weighted by Crippen LogP contribution is 2.29. The Bertz CT molecular complexity index is 471. The second-order valence-corrected chi connectivity index (χ2v) is 5.18. The molecule has 1 aromatic carbocycles. The Morgan fingerprint density at radius 2 is 2.00 bits per heavy atom. The number of hydrogen-bond donors (Lipinski definition) is 1. The molecule has 0 amide bonds. The summed E-state index contributed by atoms with van der Waals surface area (Å²) < 4.78 is 1.13. The van der Waals surface area contributed by atoms with Crippen molar-refractivity contribution in [2.24, 2.45) is 0 Å². The Kier molecular flexibility index (Phi) is 3.85. The number of hydrogen-bond acceptors (Lipinski definition) is 3. The molecule has 0 aliphatic carbocycles. The van der Waals surface area contributed by atoms with Gasteiger partial charge in [0.05, 0.1) is 0 Å². The van der Waals surface area contributed by atoms with Crippen LogP contribution in [0.2, 0.25) is 0 Å². The van der Waals surface area contributed by atoms with Crippen molar-refractivity contribution in [3.05, 3.63) is 52.6 Å². The average Bonchev–Trinajstić information content (AvgIpc) is 2.30. The SMILES string of the molecule is Nc1ccc(CSc2ccccc2Br)cn1. The third-order valence-electron chi connectivity index (χ3n) is 2.08. The summed E-state index contributed by atoms with van der Waals surface area (Å²) in [6.45, 7) is 0. The molecule has 0 radical (unpaired) electrons. The van der Waals surface area contributed by atoms with Crippen LogP contribution in [0.15, 0.2) is 52.0 Å². The molecule has 0 unspecified atom stereocenters. The van der Waals surface area contributed by atoms with Crippen molar-refractivity contribution in [2.75, 3.05) is 5.73 Å². The number of benzene rings is 1. The highest BCUT2D eigenvalue weighted by atomic mass is 79.9. The lowest BCUT2D eigenvalue weighted by Gasteiger charge is -2.04. The average molecular weight is 295 g/mol. The van der Waals surface area contributed by atoms with E-state index in [1.54, 1.807) is 11.8 Å². The molecule has 2 rings (SSSR count). The normalized spacial score (nSPS) is 10.3. The van der Waals surface area contributed by atoms with Crippen LogP contribution in [0.25, 0.3) is 0 Å². The van der Waals surface area contributed by atoms with Crippen LogP contribution in [0, 0.1) is 0 Å². The molecule has 1 heterocycles. The number of halogens is 1. The van der Waals surface area contributed by atoms with Gasteiger partial charge in [0.25, 0.3) is 0 Å². The first-order valence-corrected chi connectivity index (χ1v) is 6.61. The van der Waals surface area contributed by atoms with Crippen molar-refractivity contribution in [1.29, 1.82) is 0 Å². The van der Waals surface area contributed by atoms with Gasteiger partial charge in [-0.1, -0.05) is 18.2 Å². The highest BCUT2D eigenvalue weighted by molar-refractivity contribution is 9.10. The Balaban J connectivity index is 2.02. The van der Waals surface area contributed by atoms with Crippen LogP contribution in [0.5, 0.6) is 0 Å². The number of thioether (sulfide) groups is 1. The maximum atomic E-state index is 5.53. The van der Waals surface area contributed by atoms with Crippen LogP contribution in [0.1, 0.15) is 5.56 Å². The second kappa shape index (κ2) is 5.37. The Morgan fingerprint density at radius 3 is 2.69 bits per heavy atom. The van der Waals surface area contributed by atoms with Crippen LogP contribution in [0.4, 0.5) is 5.82 Å². The van der Waals surface area contributed by atoms with Gasteiger partial charge in [0, 0.05) is 21.3 Å². The van der Waals surface area contributed by atoms with E-state index in [-0.39, 0.29) is 0 Å². The van der Waals surface area contributed by atoms with Gasteiger partial charge >= 0.3 is 0 Å². The zero-order valence-corrected chi connectivity index (χ0v) is 11.0. The largest absolute Gasteiger partial charge is 0.384 e. The lowest BCUT2D eigenvalue weighted by Crippen LogP contribution is -1.90. The van der Waals surface area contributed by atoms with E-state index < -0.39 is 0 Å². The number of anilines is 1. The highest BCUT2D eigenvalue weighted by Gasteiger charge is 2.00. The fourth-order valence-electron chi connectivity index (χ4n) is 1.24. The van der Waals surface area contributed by atoms with Crippen molar-refractivity contribution in [3.63, 3.8) is 0 Å². The molecular weight excluding hydrogens is 284 g/mol. The van der Waals surface area contributed by atoms with Gasteiger partial charge in [-0.15, -0.1) is 11.8 Å². The third kappa shape index (κ3) is 3.00. The van der Waals surface area contributed by atoms with Crippen LogP contribution in [-0.4, -0.2) is 4.98 Å². The molecule has 0 aliphatic rings. The number of nitrogen functional groups attached to an aromatic ring is 1. The molecule has 0 bridgehead atoms. The fourth-order valence-corrected chi connectivity index (χ4v) is 2.75. The Morgan fingerprint density at radius 1 is 1.19 bits per heavy atom. The first-order valence-electron chi connectivity index (χ1n) is 4.83. The van der Waals surface area contributed by atoms with Gasteiger partial charge in [0.2, 0.25) is 0 Å². The van der Waals surface area contributed by atoms with Crippen molar-refractivity contribution in [1.82, 2.24) is 4.98 Å². The van der Waals surface area contributed by atoms with Crippen LogP contribution < -0.4 is 5.73 Å². The van der Waals surface area contributed by atoms with E-state index in [1.165, 1.54) is 10.5 Å². The summed E-state index contributed by atoms with van der Waals surface area (Å²) in [5.74, 6) is 1.46. The molecular formula is C12H11BrN2S. The maximum Gasteiger partial charge on any atom is 0.123 e. The third-order valence-corrected chi connectivity index (χ3v) is 4.18. The van der Waals surface area contributed by atoms with Gasteiger partial charge < -0.3 is 5.73 Å². The van der Waals surface area contributed by atoms with Crippen molar-refractivity contribution >= 4 is 33.5 Å². The first-order chi connectivity index (χ1) is 7.75. The van der Waals surface area contributed by atoms with Crippen molar-refractivity contribution in [3.8, 4) is 0 Å². The van der Waals surface area contributed by atoms with Gasteiger partial charge in [0.15, 0.2) is 0 Å². The number of nitrogens with two attached hydrogens (primary N) is 1. The second-order valence-electron chi connectivity index (χ2n) is 3.31. The molecule has 2 aromatic rings. The van der Waals surface area contributed by atoms with Crippen molar-refractivity contribution < 1.29 is 0 Å². The smallest absolute Gasteiger partial charge is 0.123 e. The number of aromatic nitrogens is 1. The number of pyridine rings is 1. The van der Waals surface area contributed by atoms with Gasteiger partial charge in [0.1, 0.15) is 5.82 Å². The molecule has 0 saturated carbocycles. The molecule has 2 nitrogen and oxygen atoms in total. The summed E-state index contributed by atoms with van der Waals surface area (Å²) in [6.07, 6.45) is 1.82. The molecule has 82 valence electrons. The van der Waals surface area contributed by atoms with E-state index >= 15 is 0 Å². The summed E-state index contributed by atoms with van der Waals surface area (Å²) in [5, 5.41) is 0. The van der Waals surface area contributed by atoms with E-state index in [4.69, 9.17) is 5.73 Å². The van der Waals surface area contributed by atoms with E-state index in [0.717, 1.165) is 10.2 Å². The summed E-state index contributed by atoms with van der Waals surface area (Å²) in [5.41, 5.74) is 6.71. The van der Waals surface area contributed by atoms with Gasteiger partial charge in [-0.3, -0.25) is 0 Å². The molecule has 2 N–H and O–H groups in total. The molecule has 16 heavy (non-hydrogen) atoms. The Labute approximate surface area is 107 Å². The quantitative estimate of drug-likeness (QED) is 0.877. The number of nitrogens with zero attached hydrogens (tertiary/aromatic N) is 1. The lowest BCUT2D eigenvalue weighted by atomic mass is 10.3. The summed E-state index contributed by atoms with van der Waals surface area (Å²) in [6, 6.07) is 12.0. The molecule has 0 fully saturated rings. The van der Waals surface area contributed by atoms with E-state index in [9.17, 15) is 0 Å². The van der Waals surface area contributed by atoms with E-state index in [0.29, 0.717) is 5.82 Å². The first kappa shape index (κ1) is 11.5. The van der Waals surface area contributed by atoms with Crippen LogP contribution in [0.3, 0.4) is 0 Å². The maximum absolute atomic E-state index is 5.53. The van der Waals surface area contributed by atoms with Gasteiger partial charge in [-0.05, 0) is 39.7 Å². The zero-order valence-electron chi connectivity index (χ0n) is 8.56. The minimum atomic E-state index is 0.564. The van der Waals surface area contributed by atoms with E-state index in [1.807, 2.05) is 36.5 Å².